The molecule has 0 aliphatic carbocycles. The van der Waals surface area contributed by atoms with E-state index in [1.165, 1.54) is 6.07 Å². The molecule has 0 fully saturated rings. The standard InChI is InChI=1S/C7H8N4O3/c1-2-13-7(12)6-3-5(14-10-6)4-9-11-8/h3H,2,4H2,1H3. The second kappa shape index (κ2) is 4.88. The third kappa shape index (κ3) is 2.49. The normalized spacial score (nSPS) is 9.21. The van der Waals surface area contributed by atoms with Gasteiger partial charge in [-0.25, -0.2) is 4.79 Å². The number of hydrogen-bond acceptors (Lipinski definition) is 5. The van der Waals surface area contributed by atoms with Crippen molar-refractivity contribution in [2.75, 3.05) is 6.61 Å². The highest BCUT2D eigenvalue weighted by Crippen LogP contribution is 2.06. The number of hydrogen-bond donors (Lipinski definition) is 0. The molecule has 0 atom stereocenters. The van der Waals surface area contributed by atoms with Crippen LogP contribution in [0.15, 0.2) is 15.7 Å². The van der Waals surface area contributed by atoms with Crippen molar-refractivity contribution in [3.63, 3.8) is 0 Å². The monoisotopic (exact) mass is 196 g/mol. The number of rotatable bonds is 4. The van der Waals surface area contributed by atoms with Gasteiger partial charge in [0.15, 0.2) is 5.69 Å². The molecular formula is C7H8N4O3. The molecular weight excluding hydrogens is 188 g/mol. The lowest BCUT2D eigenvalue weighted by Crippen LogP contribution is -2.04. The Bertz CT molecular complexity index is 367. The van der Waals surface area contributed by atoms with Crippen molar-refractivity contribution in [2.24, 2.45) is 5.11 Å². The fourth-order valence-electron chi connectivity index (χ4n) is 0.790. The van der Waals surface area contributed by atoms with Gasteiger partial charge in [-0.3, -0.25) is 0 Å². The Balaban J connectivity index is 2.67. The van der Waals surface area contributed by atoms with Gasteiger partial charge in [-0.2, -0.15) is 0 Å². The van der Waals surface area contributed by atoms with Crippen LogP contribution in [0.3, 0.4) is 0 Å². The van der Waals surface area contributed by atoms with Crippen molar-refractivity contribution >= 4 is 5.97 Å². The Labute approximate surface area is 79.3 Å². The van der Waals surface area contributed by atoms with Crippen molar-refractivity contribution in [3.05, 3.63) is 28.0 Å². The molecule has 1 heterocycles. The summed E-state index contributed by atoms with van der Waals surface area (Å²) in [6.45, 7) is 2.00. The molecule has 0 amide bonds. The van der Waals surface area contributed by atoms with Gasteiger partial charge < -0.3 is 9.26 Å². The van der Waals surface area contributed by atoms with E-state index in [-0.39, 0.29) is 18.8 Å². The predicted octanol–water partition coefficient (Wildman–Crippen LogP) is 1.66. The molecule has 0 bridgehead atoms. The summed E-state index contributed by atoms with van der Waals surface area (Å²) in [5, 5.41) is 6.71. The molecule has 14 heavy (non-hydrogen) atoms. The number of aromatic nitrogens is 1. The first kappa shape index (κ1) is 10.1. The van der Waals surface area contributed by atoms with E-state index in [1.54, 1.807) is 6.92 Å². The predicted molar refractivity (Wildman–Crippen MR) is 45.3 cm³/mol. The molecule has 0 N–H and O–H groups in total. The average molecular weight is 196 g/mol. The number of azide groups is 1. The van der Waals surface area contributed by atoms with Crippen LogP contribution >= 0.6 is 0 Å². The first-order chi connectivity index (χ1) is 6.77. The van der Waals surface area contributed by atoms with Crippen molar-refractivity contribution in [1.82, 2.24) is 5.16 Å². The Morgan fingerprint density at radius 2 is 2.64 bits per heavy atom. The smallest absolute Gasteiger partial charge is 0.360 e. The minimum atomic E-state index is -0.552. The summed E-state index contributed by atoms with van der Waals surface area (Å²) in [5.41, 5.74) is 8.11. The lowest BCUT2D eigenvalue weighted by atomic mass is 10.3. The van der Waals surface area contributed by atoms with E-state index in [1.807, 2.05) is 0 Å². The quantitative estimate of drug-likeness (QED) is 0.316. The molecule has 1 rings (SSSR count). The molecule has 0 aliphatic rings. The molecule has 74 valence electrons. The fraction of sp³-hybridized carbons (Fsp3) is 0.429. The number of ether oxygens (including phenoxy) is 1. The second-order valence-electron chi connectivity index (χ2n) is 2.29. The minimum Gasteiger partial charge on any atom is -0.461 e. The maximum Gasteiger partial charge on any atom is 0.360 e. The molecule has 1 aromatic rings. The van der Waals surface area contributed by atoms with Crippen LogP contribution in [0, 0.1) is 0 Å². The number of nitrogens with zero attached hydrogens (tertiary/aromatic N) is 4. The molecule has 0 aliphatic heterocycles. The summed E-state index contributed by atoms with van der Waals surface area (Å²) in [6.07, 6.45) is 0. The Kier molecular flexibility index (Phi) is 3.51. The zero-order valence-electron chi connectivity index (χ0n) is 7.51. The van der Waals surface area contributed by atoms with E-state index in [9.17, 15) is 4.79 Å². The highest BCUT2D eigenvalue weighted by atomic mass is 16.5. The number of carbonyl (C=O) groups is 1. The fourth-order valence-corrected chi connectivity index (χ4v) is 0.790. The van der Waals surface area contributed by atoms with Crippen LogP contribution in [0.1, 0.15) is 23.2 Å². The van der Waals surface area contributed by atoms with Crippen LogP contribution in [0.4, 0.5) is 0 Å². The van der Waals surface area contributed by atoms with Gasteiger partial charge in [0.05, 0.1) is 13.2 Å². The summed E-state index contributed by atoms with van der Waals surface area (Å²) >= 11 is 0. The van der Waals surface area contributed by atoms with E-state index in [4.69, 9.17) is 10.1 Å². The van der Waals surface area contributed by atoms with Gasteiger partial charge in [-0.1, -0.05) is 10.3 Å². The summed E-state index contributed by atoms with van der Waals surface area (Å²) in [4.78, 5) is 13.6. The molecule has 1 aromatic heterocycles. The van der Waals surface area contributed by atoms with Gasteiger partial charge in [0.2, 0.25) is 0 Å². The average Bonchev–Trinajstić information content (AvgIpc) is 2.63. The highest BCUT2D eigenvalue weighted by Gasteiger charge is 2.12. The largest absolute Gasteiger partial charge is 0.461 e. The maximum atomic E-state index is 11.1. The highest BCUT2D eigenvalue weighted by molar-refractivity contribution is 5.87. The molecule has 0 unspecified atom stereocenters. The third-order valence-electron chi connectivity index (χ3n) is 1.33. The summed E-state index contributed by atoms with van der Waals surface area (Å²) in [7, 11) is 0. The van der Waals surface area contributed by atoms with Gasteiger partial charge >= 0.3 is 5.97 Å². The van der Waals surface area contributed by atoms with Gasteiger partial charge in [-0.05, 0) is 12.5 Å². The molecule has 7 nitrogen and oxygen atoms in total. The van der Waals surface area contributed by atoms with E-state index in [0.717, 1.165) is 0 Å². The van der Waals surface area contributed by atoms with Gasteiger partial charge in [-0.15, -0.1) is 0 Å². The molecule has 0 radical (unpaired) electrons. The van der Waals surface area contributed by atoms with Crippen molar-refractivity contribution < 1.29 is 14.1 Å². The zero-order valence-corrected chi connectivity index (χ0v) is 7.51. The first-order valence-corrected chi connectivity index (χ1v) is 3.91. The Morgan fingerprint density at radius 3 is 3.29 bits per heavy atom. The third-order valence-corrected chi connectivity index (χ3v) is 1.33. The van der Waals surface area contributed by atoms with Crippen LogP contribution in [0.5, 0.6) is 0 Å². The summed E-state index contributed by atoms with van der Waals surface area (Å²) in [6, 6.07) is 1.38. The molecule has 0 saturated heterocycles. The Hall–Kier alpha value is -2.01. The zero-order chi connectivity index (χ0) is 10.4. The minimum absolute atomic E-state index is 0.0307. The maximum absolute atomic E-state index is 11.1. The number of carbonyl (C=O) groups excluding carboxylic acids is 1. The lowest BCUT2D eigenvalue weighted by molar-refractivity contribution is 0.0514. The van der Waals surface area contributed by atoms with E-state index in [0.29, 0.717) is 5.76 Å². The van der Waals surface area contributed by atoms with E-state index in [2.05, 4.69) is 19.9 Å². The second-order valence-corrected chi connectivity index (χ2v) is 2.29. The van der Waals surface area contributed by atoms with Gasteiger partial charge in [0, 0.05) is 11.0 Å². The summed E-state index contributed by atoms with van der Waals surface area (Å²) in [5.74, 6) is -0.228. The van der Waals surface area contributed by atoms with E-state index >= 15 is 0 Å². The van der Waals surface area contributed by atoms with Crippen molar-refractivity contribution in [1.29, 1.82) is 0 Å². The molecule has 0 saturated carbocycles. The van der Waals surface area contributed by atoms with E-state index < -0.39 is 5.97 Å². The Morgan fingerprint density at radius 1 is 1.86 bits per heavy atom. The van der Waals surface area contributed by atoms with Gasteiger partial charge in [0.1, 0.15) is 5.76 Å². The SMILES string of the molecule is CCOC(=O)c1cc(CN=[N+]=[N-])on1. The van der Waals surface area contributed by atoms with Crippen LogP contribution < -0.4 is 0 Å². The van der Waals surface area contributed by atoms with Crippen molar-refractivity contribution in [2.45, 2.75) is 13.5 Å². The lowest BCUT2D eigenvalue weighted by Gasteiger charge is -1.94. The number of esters is 1. The van der Waals surface area contributed by atoms with Crippen LogP contribution in [-0.4, -0.2) is 17.7 Å². The van der Waals surface area contributed by atoms with Crippen molar-refractivity contribution in [3.8, 4) is 0 Å². The van der Waals surface area contributed by atoms with Crippen LogP contribution in [-0.2, 0) is 11.3 Å². The molecule has 7 heteroatoms. The van der Waals surface area contributed by atoms with Gasteiger partial charge in [0.25, 0.3) is 0 Å². The van der Waals surface area contributed by atoms with Crippen LogP contribution in [0.2, 0.25) is 0 Å². The first-order valence-electron chi connectivity index (χ1n) is 3.91. The molecule has 0 aromatic carbocycles. The topological polar surface area (TPSA) is 101 Å². The summed E-state index contributed by atoms with van der Waals surface area (Å²) < 4.78 is 9.40. The molecule has 0 spiro atoms. The van der Waals surface area contributed by atoms with Crippen LogP contribution in [0.25, 0.3) is 10.4 Å².